The number of non-ortho nitro benzene ring substituents is 1. The van der Waals surface area contributed by atoms with Crippen molar-refractivity contribution in [2.45, 2.75) is 20.3 Å². The minimum atomic E-state index is -3.51. The Morgan fingerprint density at radius 1 is 1.46 bits per heavy atom. The van der Waals surface area contributed by atoms with Crippen LogP contribution in [0.15, 0.2) is 23.3 Å². The summed E-state index contributed by atoms with van der Waals surface area (Å²) in [5.41, 5.74) is 1.98. The van der Waals surface area contributed by atoms with Gasteiger partial charge in [0.05, 0.1) is 24.9 Å². The number of ether oxygens (including phenoxy) is 1. The van der Waals surface area contributed by atoms with Crippen molar-refractivity contribution in [3.8, 4) is 5.75 Å². The van der Waals surface area contributed by atoms with Crippen molar-refractivity contribution >= 4 is 36.2 Å². The van der Waals surface area contributed by atoms with Crippen molar-refractivity contribution in [3.63, 3.8) is 0 Å². The molecule has 0 aliphatic carbocycles. The van der Waals surface area contributed by atoms with E-state index in [1.807, 2.05) is 6.92 Å². The molecule has 0 saturated heterocycles. The third-order valence-electron chi connectivity index (χ3n) is 2.70. The molecule has 0 aliphatic rings. The van der Waals surface area contributed by atoms with Gasteiger partial charge in [-0.2, -0.15) is 5.10 Å². The Morgan fingerprint density at radius 2 is 2.19 bits per heavy atom. The van der Waals surface area contributed by atoms with Crippen LogP contribution in [0.5, 0.6) is 5.75 Å². The van der Waals surface area contributed by atoms with Gasteiger partial charge < -0.3 is 9.26 Å². The summed E-state index contributed by atoms with van der Waals surface area (Å²) in [5.74, 6) is 0.629. The topological polar surface area (TPSA) is 129 Å². The smallest absolute Gasteiger partial charge is 0.440 e. The molecule has 0 bridgehead atoms. The lowest BCUT2D eigenvalue weighted by molar-refractivity contribution is -0.384. The zero-order valence-electron chi connectivity index (χ0n) is 14.5. The predicted molar refractivity (Wildman–Crippen MR) is 98.8 cm³/mol. The van der Waals surface area contributed by atoms with Gasteiger partial charge in [0.1, 0.15) is 5.75 Å². The second-order valence-electron chi connectivity index (χ2n) is 4.63. The third kappa shape index (κ3) is 7.03. The van der Waals surface area contributed by atoms with Crippen LogP contribution in [0.4, 0.5) is 10.5 Å². The number of nitro benzene ring substituents is 1. The van der Waals surface area contributed by atoms with E-state index in [0.29, 0.717) is 5.75 Å². The molecular formula is C14H20N3O7PS. The molecule has 0 radical (unpaired) electrons. The molecular weight excluding hydrogens is 385 g/mol. The van der Waals surface area contributed by atoms with Crippen LogP contribution in [0.25, 0.3) is 0 Å². The number of hydrazone groups is 1. The minimum Gasteiger partial charge on any atom is -0.452 e. The Labute approximate surface area is 154 Å². The van der Waals surface area contributed by atoms with Crippen LogP contribution in [0.2, 0.25) is 0 Å². The summed E-state index contributed by atoms with van der Waals surface area (Å²) >= 11 is 1.04. The molecule has 0 saturated carbocycles. The second-order valence-corrected chi connectivity index (χ2v) is 8.75. The van der Waals surface area contributed by atoms with Crippen molar-refractivity contribution < 1.29 is 28.1 Å². The van der Waals surface area contributed by atoms with Crippen LogP contribution in [0.3, 0.4) is 0 Å². The average Bonchev–Trinajstić information content (AvgIpc) is 2.61. The molecule has 0 aromatic heterocycles. The zero-order valence-corrected chi connectivity index (χ0v) is 16.2. The van der Waals surface area contributed by atoms with E-state index >= 15 is 0 Å². The van der Waals surface area contributed by atoms with Crippen molar-refractivity contribution in [1.29, 1.82) is 0 Å². The van der Waals surface area contributed by atoms with Gasteiger partial charge in [-0.25, -0.2) is 14.8 Å². The molecule has 1 unspecified atom stereocenters. The van der Waals surface area contributed by atoms with Gasteiger partial charge in [-0.15, -0.1) is 0 Å². The molecule has 0 fully saturated rings. The number of rotatable bonds is 10. The van der Waals surface area contributed by atoms with E-state index < -0.39 is 17.8 Å². The average molecular weight is 405 g/mol. The molecule has 1 aromatic carbocycles. The number of carbonyl (C=O) groups is 1. The Kier molecular flexibility index (Phi) is 9.11. The van der Waals surface area contributed by atoms with Crippen LogP contribution in [0, 0.1) is 10.1 Å². The molecule has 1 atom stereocenters. The summed E-state index contributed by atoms with van der Waals surface area (Å²) in [4.78, 5) is 21.4. The molecule has 144 valence electrons. The maximum atomic E-state index is 12.8. The molecule has 1 rings (SSSR count). The van der Waals surface area contributed by atoms with Gasteiger partial charge in [0.15, 0.2) is 0 Å². The maximum Gasteiger partial charge on any atom is 0.440 e. The first kappa shape index (κ1) is 21.9. The highest BCUT2D eigenvalue weighted by atomic mass is 32.7. The number of benzene rings is 1. The Hall–Kier alpha value is -2.10. The normalized spacial score (nSPS) is 13.2. The van der Waals surface area contributed by atoms with Crippen LogP contribution in [-0.4, -0.2) is 36.7 Å². The minimum absolute atomic E-state index is 0.0754. The SMILES string of the molecule is CCCSP(=O)(OCC)Oc1ccc([N+](=O)[O-])cc1C=NNC(=O)OC. The lowest BCUT2D eigenvalue weighted by Gasteiger charge is -2.18. The third-order valence-corrected chi connectivity index (χ3v) is 6.64. The summed E-state index contributed by atoms with van der Waals surface area (Å²) in [6.45, 7) is 0.271. The number of nitrogens with one attached hydrogen (secondary N) is 1. The zero-order chi connectivity index (χ0) is 19.6. The van der Waals surface area contributed by atoms with E-state index in [1.54, 1.807) is 6.92 Å². The van der Waals surface area contributed by atoms with Gasteiger partial charge >= 0.3 is 12.9 Å². The van der Waals surface area contributed by atoms with Crippen molar-refractivity contribution in [3.05, 3.63) is 33.9 Å². The number of nitro groups is 1. The van der Waals surface area contributed by atoms with E-state index in [0.717, 1.165) is 31.1 Å². The van der Waals surface area contributed by atoms with Crippen molar-refractivity contribution in [1.82, 2.24) is 5.43 Å². The van der Waals surface area contributed by atoms with Gasteiger partial charge in [-0.05, 0) is 30.8 Å². The van der Waals surface area contributed by atoms with Crippen LogP contribution in [-0.2, 0) is 13.8 Å². The van der Waals surface area contributed by atoms with Gasteiger partial charge in [-0.1, -0.05) is 6.92 Å². The number of methoxy groups -OCH3 is 1. The highest BCUT2D eigenvalue weighted by Crippen LogP contribution is 2.60. The number of nitrogens with zero attached hydrogens (tertiary/aromatic N) is 2. The first-order valence-electron chi connectivity index (χ1n) is 7.59. The summed E-state index contributed by atoms with van der Waals surface area (Å²) < 4.78 is 27.9. The van der Waals surface area contributed by atoms with Crippen LogP contribution in [0.1, 0.15) is 25.8 Å². The fraction of sp³-hybridized carbons (Fsp3) is 0.429. The van der Waals surface area contributed by atoms with Crippen molar-refractivity contribution in [2.24, 2.45) is 5.10 Å². The summed E-state index contributed by atoms with van der Waals surface area (Å²) in [6.07, 6.45) is 1.08. The second kappa shape index (κ2) is 10.8. The lowest BCUT2D eigenvalue weighted by Crippen LogP contribution is -2.16. The van der Waals surface area contributed by atoms with E-state index in [9.17, 15) is 19.5 Å². The first-order valence-corrected chi connectivity index (χ1v) is 10.7. The molecule has 12 heteroatoms. The Morgan fingerprint density at radius 3 is 2.77 bits per heavy atom. The summed E-state index contributed by atoms with van der Waals surface area (Å²) in [6, 6.07) is 3.69. The van der Waals surface area contributed by atoms with Gasteiger partial charge in [0.25, 0.3) is 5.69 Å². The molecule has 0 aliphatic heterocycles. The number of hydrogen-bond acceptors (Lipinski definition) is 9. The van der Waals surface area contributed by atoms with E-state index in [2.05, 4.69) is 15.3 Å². The molecule has 10 nitrogen and oxygen atoms in total. The molecule has 1 N–H and O–H groups in total. The quantitative estimate of drug-likeness (QED) is 0.268. The molecule has 26 heavy (non-hydrogen) atoms. The van der Waals surface area contributed by atoms with E-state index in [1.165, 1.54) is 18.2 Å². The monoisotopic (exact) mass is 405 g/mol. The first-order chi connectivity index (χ1) is 12.3. The van der Waals surface area contributed by atoms with Crippen molar-refractivity contribution in [2.75, 3.05) is 19.5 Å². The highest BCUT2D eigenvalue weighted by molar-refractivity contribution is 8.55. The van der Waals surface area contributed by atoms with E-state index in [4.69, 9.17) is 9.05 Å². The molecule has 0 spiro atoms. The number of carbonyl (C=O) groups excluding carboxylic acids is 1. The van der Waals surface area contributed by atoms with Gasteiger partial charge in [-0.3, -0.25) is 14.6 Å². The highest BCUT2D eigenvalue weighted by Gasteiger charge is 2.28. The summed E-state index contributed by atoms with van der Waals surface area (Å²) in [7, 11) is 1.16. The Balaban J connectivity index is 3.16. The maximum absolute atomic E-state index is 12.8. The van der Waals surface area contributed by atoms with Gasteiger partial charge in [0.2, 0.25) is 0 Å². The fourth-order valence-electron chi connectivity index (χ4n) is 1.61. The summed E-state index contributed by atoms with van der Waals surface area (Å²) in [5, 5.41) is 14.6. The van der Waals surface area contributed by atoms with Gasteiger partial charge in [0, 0.05) is 23.4 Å². The number of amides is 1. The largest absolute Gasteiger partial charge is 0.452 e. The standard InChI is InChI=1S/C14H20N3O7PS/c1-4-8-26-25(21,23-5-2)24-13-7-6-12(17(19)20)9-11(13)10-15-16-14(18)22-3/h6-7,9-10H,4-5,8H2,1-3H3,(H,16,18). The molecule has 1 amide bonds. The number of hydrogen-bond donors (Lipinski definition) is 1. The molecule has 1 aromatic rings. The fourth-order valence-corrected chi connectivity index (χ4v) is 5.07. The van der Waals surface area contributed by atoms with E-state index in [-0.39, 0.29) is 23.6 Å². The van der Waals surface area contributed by atoms with Crippen LogP contribution >= 0.6 is 18.2 Å². The molecule has 0 heterocycles. The Bertz CT molecular complexity index is 714. The predicted octanol–water partition coefficient (Wildman–Crippen LogP) is 3.95. The van der Waals surface area contributed by atoms with Crippen LogP contribution < -0.4 is 9.95 Å². The lowest BCUT2D eigenvalue weighted by atomic mass is 10.2.